The summed E-state index contributed by atoms with van der Waals surface area (Å²) in [4.78, 5) is 22.0. The molecule has 0 aromatic carbocycles. The van der Waals surface area contributed by atoms with Gasteiger partial charge in [-0.3, -0.25) is 9.59 Å². The molecule has 0 radical (unpaired) electrons. The topological polar surface area (TPSA) is 34.1 Å². The van der Waals surface area contributed by atoms with Gasteiger partial charge in [0.1, 0.15) is 5.78 Å². The van der Waals surface area contributed by atoms with Crippen LogP contribution >= 0.6 is 0 Å². The Labute approximate surface area is 98.6 Å². The highest BCUT2D eigenvalue weighted by Gasteiger charge is 2.40. The van der Waals surface area contributed by atoms with Gasteiger partial charge in [0.2, 0.25) is 5.78 Å². The zero-order chi connectivity index (χ0) is 13.1. The fourth-order valence-corrected chi connectivity index (χ4v) is 2.43. The van der Waals surface area contributed by atoms with Crippen LogP contribution in [0.1, 0.15) is 45.4 Å². The fraction of sp³-hybridized carbons (Fsp3) is 0.833. The molecule has 0 heterocycles. The normalized spacial score (nSPS) is 20.4. The third kappa shape index (κ3) is 4.13. The molecule has 1 aliphatic carbocycles. The summed E-state index contributed by atoms with van der Waals surface area (Å²) in [6.07, 6.45) is -2.45. The van der Waals surface area contributed by atoms with E-state index < -0.39 is 18.4 Å². The van der Waals surface area contributed by atoms with Gasteiger partial charge in [0, 0.05) is 19.3 Å². The summed E-state index contributed by atoms with van der Waals surface area (Å²) in [6, 6.07) is 0. The van der Waals surface area contributed by atoms with Crippen molar-refractivity contribution >= 4 is 11.6 Å². The Morgan fingerprint density at radius 3 is 2.29 bits per heavy atom. The lowest BCUT2D eigenvalue weighted by molar-refractivity contribution is -0.172. The van der Waals surface area contributed by atoms with E-state index in [1.807, 2.05) is 0 Å². The van der Waals surface area contributed by atoms with Gasteiger partial charge in [0.05, 0.1) is 0 Å². The molecule has 0 spiro atoms. The number of carbonyl (C=O) groups excluding carboxylic acids is 2. The summed E-state index contributed by atoms with van der Waals surface area (Å²) in [5, 5.41) is 0. The van der Waals surface area contributed by atoms with Crippen molar-refractivity contribution < 1.29 is 22.8 Å². The Morgan fingerprint density at radius 1 is 1.35 bits per heavy atom. The maximum atomic E-state index is 12.2. The van der Waals surface area contributed by atoms with Crippen LogP contribution in [0.15, 0.2) is 0 Å². The van der Waals surface area contributed by atoms with E-state index in [-0.39, 0.29) is 17.6 Å². The molecule has 2 nitrogen and oxygen atoms in total. The van der Waals surface area contributed by atoms with Gasteiger partial charge in [-0.25, -0.2) is 0 Å². The van der Waals surface area contributed by atoms with Crippen molar-refractivity contribution in [2.75, 3.05) is 0 Å². The minimum atomic E-state index is -4.72. The van der Waals surface area contributed by atoms with Crippen LogP contribution in [0.4, 0.5) is 13.2 Å². The highest BCUT2D eigenvalue weighted by Crippen LogP contribution is 2.34. The number of halogens is 3. The van der Waals surface area contributed by atoms with Gasteiger partial charge in [-0.05, 0) is 24.7 Å². The molecular weight excluding hydrogens is 233 g/mol. The molecule has 0 saturated heterocycles. The van der Waals surface area contributed by atoms with Crippen LogP contribution in [0.5, 0.6) is 0 Å². The minimum Gasteiger partial charge on any atom is -0.300 e. The van der Waals surface area contributed by atoms with Crippen molar-refractivity contribution in [2.24, 2.45) is 11.8 Å². The Morgan fingerprint density at radius 2 is 1.88 bits per heavy atom. The van der Waals surface area contributed by atoms with Crippen LogP contribution in [0.25, 0.3) is 0 Å². The summed E-state index contributed by atoms with van der Waals surface area (Å²) in [5.74, 6) is -1.61. The summed E-state index contributed by atoms with van der Waals surface area (Å²) in [5.41, 5.74) is 0. The number of rotatable bonds is 4. The first kappa shape index (κ1) is 14.2. The average molecular weight is 250 g/mol. The molecule has 0 aromatic heterocycles. The Kier molecular flexibility index (Phi) is 4.71. The maximum absolute atomic E-state index is 12.2. The molecule has 17 heavy (non-hydrogen) atoms. The number of alkyl halides is 3. The number of Topliss-reactive ketones (excluding diaryl/α,β-unsaturated/α-hetero) is 2. The van der Waals surface area contributed by atoms with Crippen molar-refractivity contribution in [3.63, 3.8) is 0 Å². The summed E-state index contributed by atoms with van der Waals surface area (Å²) < 4.78 is 36.5. The molecule has 1 fully saturated rings. The maximum Gasteiger partial charge on any atom is 0.449 e. The Hall–Kier alpha value is -0.870. The molecule has 98 valence electrons. The second kappa shape index (κ2) is 5.65. The molecular formula is C12H17F3O2. The van der Waals surface area contributed by atoms with Crippen molar-refractivity contribution in [3.8, 4) is 0 Å². The molecule has 0 aliphatic heterocycles. The van der Waals surface area contributed by atoms with Gasteiger partial charge in [-0.2, -0.15) is 13.2 Å². The summed E-state index contributed by atoms with van der Waals surface area (Å²) in [7, 11) is 0. The number of hydrogen-bond acceptors (Lipinski definition) is 2. The van der Waals surface area contributed by atoms with Crippen molar-refractivity contribution in [3.05, 3.63) is 0 Å². The molecule has 0 bridgehead atoms. The molecule has 1 rings (SSSR count). The Bertz CT molecular complexity index is 287. The van der Waals surface area contributed by atoms with Crippen LogP contribution in [0.2, 0.25) is 0 Å². The fourth-order valence-electron chi connectivity index (χ4n) is 2.43. The zero-order valence-electron chi connectivity index (χ0n) is 9.85. The molecule has 1 atom stereocenters. The smallest absolute Gasteiger partial charge is 0.300 e. The van der Waals surface area contributed by atoms with Gasteiger partial charge in [0.25, 0.3) is 0 Å². The average Bonchev–Trinajstić information content (AvgIpc) is 2.25. The quantitative estimate of drug-likeness (QED) is 0.767. The summed E-state index contributed by atoms with van der Waals surface area (Å²) in [6.45, 7) is 1.80. The van der Waals surface area contributed by atoms with Crippen LogP contribution in [0.3, 0.4) is 0 Å². The highest BCUT2D eigenvalue weighted by molar-refractivity contribution is 5.84. The van der Waals surface area contributed by atoms with Gasteiger partial charge in [-0.15, -0.1) is 0 Å². The van der Waals surface area contributed by atoms with E-state index in [4.69, 9.17) is 0 Å². The minimum absolute atomic E-state index is 0.0870. The lowest BCUT2D eigenvalue weighted by Crippen LogP contribution is -2.29. The second-order valence-electron chi connectivity index (χ2n) is 4.67. The van der Waals surface area contributed by atoms with E-state index >= 15 is 0 Å². The first-order valence-electron chi connectivity index (χ1n) is 5.96. The van der Waals surface area contributed by atoms with Crippen LogP contribution in [-0.2, 0) is 9.59 Å². The largest absolute Gasteiger partial charge is 0.449 e. The number of ketones is 2. The van der Waals surface area contributed by atoms with Gasteiger partial charge in [-0.1, -0.05) is 13.3 Å². The van der Waals surface area contributed by atoms with Gasteiger partial charge >= 0.3 is 6.18 Å². The predicted molar refractivity (Wildman–Crippen MR) is 56.4 cm³/mol. The van der Waals surface area contributed by atoms with E-state index in [2.05, 4.69) is 0 Å². The second-order valence-corrected chi connectivity index (χ2v) is 4.67. The van der Waals surface area contributed by atoms with Crippen LogP contribution in [0, 0.1) is 11.8 Å². The van der Waals surface area contributed by atoms with Gasteiger partial charge in [0.15, 0.2) is 0 Å². The molecule has 1 aliphatic rings. The van der Waals surface area contributed by atoms with Crippen molar-refractivity contribution in [1.29, 1.82) is 0 Å². The molecule has 0 amide bonds. The Balaban J connectivity index is 2.54. The van der Waals surface area contributed by atoms with Crippen LogP contribution < -0.4 is 0 Å². The molecule has 0 aromatic rings. The van der Waals surface area contributed by atoms with Gasteiger partial charge < -0.3 is 0 Å². The van der Waals surface area contributed by atoms with E-state index in [1.165, 1.54) is 0 Å². The lowest BCUT2D eigenvalue weighted by atomic mass is 9.76. The van der Waals surface area contributed by atoms with Crippen molar-refractivity contribution in [2.45, 2.75) is 51.6 Å². The predicted octanol–water partition coefficient (Wildman–Crippen LogP) is 3.29. The summed E-state index contributed by atoms with van der Waals surface area (Å²) >= 11 is 0. The standard InChI is InChI=1S/C12H17F3O2/c1-2-8(7-11(17)12(13,14)15)9-3-5-10(16)6-4-9/h8-9H,2-7H2,1H3. The van der Waals surface area contributed by atoms with E-state index in [1.54, 1.807) is 6.92 Å². The number of hydrogen-bond donors (Lipinski definition) is 0. The molecule has 1 unspecified atom stereocenters. The lowest BCUT2D eigenvalue weighted by Gasteiger charge is -2.28. The SMILES string of the molecule is CCC(CC(=O)C(F)(F)F)C1CCC(=O)CC1. The van der Waals surface area contributed by atoms with E-state index in [0.29, 0.717) is 32.1 Å². The number of carbonyl (C=O) groups is 2. The molecule has 0 N–H and O–H groups in total. The monoisotopic (exact) mass is 250 g/mol. The third-order valence-electron chi connectivity index (χ3n) is 3.54. The van der Waals surface area contributed by atoms with E-state index in [0.717, 1.165) is 0 Å². The zero-order valence-corrected chi connectivity index (χ0v) is 9.85. The first-order valence-corrected chi connectivity index (χ1v) is 5.96. The molecule has 1 saturated carbocycles. The van der Waals surface area contributed by atoms with Crippen LogP contribution in [-0.4, -0.2) is 17.7 Å². The third-order valence-corrected chi connectivity index (χ3v) is 3.54. The van der Waals surface area contributed by atoms with E-state index in [9.17, 15) is 22.8 Å². The van der Waals surface area contributed by atoms with Crippen molar-refractivity contribution in [1.82, 2.24) is 0 Å². The highest BCUT2D eigenvalue weighted by atomic mass is 19.4. The first-order chi connectivity index (χ1) is 7.84. The molecule has 5 heteroatoms.